The Bertz CT molecular complexity index is 2760. The molecule has 0 saturated carbocycles. The molecule has 0 fully saturated rings. The van der Waals surface area contributed by atoms with E-state index in [1.54, 1.807) is 26.1 Å². The molecule has 12 nitrogen and oxygen atoms in total. The molecular weight excluding hydrogens is 843 g/mol. The Labute approximate surface area is 393 Å². The van der Waals surface area contributed by atoms with Crippen LogP contribution in [0, 0.1) is 11.3 Å². The quantitative estimate of drug-likeness (QED) is 0.0904. The summed E-state index contributed by atoms with van der Waals surface area (Å²) in [6.45, 7) is 6.56. The third-order valence-corrected chi connectivity index (χ3v) is 13.9. The van der Waals surface area contributed by atoms with Crippen molar-refractivity contribution in [2.45, 2.75) is 90.3 Å². The molecule has 12 heteroatoms. The normalized spacial score (nSPS) is 22.4. The number of allylic oxidation sites excluding steroid dienone is 6. The molecular formula is C55H63N5O7. The van der Waals surface area contributed by atoms with E-state index in [4.69, 9.17) is 9.47 Å². The van der Waals surface area contributed by atoms with Gasteiger partial charge in [-0.3, -0.25) is 14.4 Å². The molecule has 1 aliphatic carbocycles. The molecule has 3 aliphatic rings. The Morgan fingerprint density at radius 1 is 0.970 bits per heavy atom. The van der Waals surface area contributed by atoms with Crippen LogP contribution >= 0.6 is 0 Å². The maximum atomic E-state index is 14.7. The van der Waals surface area contributed by atoms with Gasteiger partial charge < -0.3 is 44.8 Å². The Hall–Kier alpha value is -6.79. The molecule has 2 aromatic heterocycles. The fourth-order valence-electron chi connectivity index (χ4n) is 10.3. The number of nitrogens with one attached hydrogen (secondary N) is 3. The summed E-state index contributed by atoms with van der Waals surface area (Å²) < 4.78 is 13.8. The molecule has 0 unspecified atom stereocenters. The van der Waals surface area contributed by atoms with E-state index >= 15 is 0 Å². The van der Waals surface area contributed by atoms with Crippen LogP contribution in [0.5, 0.6) is 17.2 Å². The second-order valence-corrected chi connectivity index (χ2v) is 18.5. The molecule has 350 valence electrons. The van der Waals surface area contributed by atoms with E-state index in [-0.39, 0.29) is 53.2 Å². The smallest absolute Gasteiger partial charge is 0.302 e. The van der Waals surface area contributed by atoms with Crippen molar-refractivity contribution in [2.75, 3.05) is 32.1 Å². The molecule has 8 rings (SSSR count). The molecule has 67 heavy (non-hydrogen) atoms. The number of ether oxygens (including phenoxy) is 2. The number of phenols is 2. The van der Waals surface area contributed by atoms with Crippen LogP contribution in [0.1, 0.15) is 92.7 Å². The van der Waals surface area contributed by atoms with Crippen LogP contribution in [-0.2, 0) is 38.5 Å². The maximum Gasteiger partial charge on any atom is 0.302 e. The second kappa shape index (κ2) is 20.4. The van der Waals surface area contributed by atoms with E-state index < -0.39 is 18.1 Å². The molecule has 3 aromatic carbocycles. The van der Waals surface area contributed by atoms with Crippen molar-refractivity contribution >= 4 is 34.0 Å². The number of esters is 1. The Morgan fingerprint density at radius 3 is 2.55 bits per heavy atom. The Balaban J connectivity index is 1.32. The summed E-state index contributed by atoms with van der Waals surface area (Å²) in [6, 6.07) is 16.8. The van der Waals surface area contributed by atoms with Crippen LogP contribution in [-0.4, -0.2) is 70.7 Å². The number of fused-ring (bicyclic) bond motifs is 3. The van der Waals surface area contributed by atoms with Crippen molar-refractivity contribution in [3.63, 3.8) is 0 Å². The average molecular weight is 906 g/mol. The minimum absolute atomic E-state index is 0.0273. The van der Waals surface area contributed by atoms with Gasteiger partial charge >= 0.3 is 5.97 Å². The second-order valence-electron chi connectivity index (χ2n) is 18.5. The number of methoxy groups -OCH3 is 1. The SMILES string of the molecule is CNCc1cc([C@@H]2CC(=O)C[C@H](OC(C)=O)CC[C@@]3(C=CC=C[C@@H]3C)Cc3c[nH]cc3C[C@@H](c3cccc(O)c3)C3=CCNC(=C3)N(CCC(C)=O)c3cccc4cn2cc34)cc(OC)c1O. The first-order chi connectivity index (χ1) is 32.3. The number of hydrogen-bond donors (Lipinski definition) is 5. The monoisotopic (exact) mass is 905 g/mol. The number of anilines is 1. The van der Waals surface area contributed by atoms with Gasteiger partial charge in [0, 0.05) is 92.9 Å². The van der Waals surface area contributed by atoms with Crippen LogP contribution in [0.4, 0.5) is 5.69 Å². The molecule has 0 amide bonds. The molecule has 4 heterocycles. The van der Waals surface area contributed by atoms with Crippen molar-refractivity contribution < 1.29 is 34.1 Å². The summed E-state index contributed by atoms with van der Waals surface area (Å²) in [7, 11) is 3.32. The lowest BCUT2D eigenvalue weighted by molar-refractivity contribution is -0.148. The molecule has 5 N–H and O–H groups in total. The molecule has 0 radical (unpaired) electrons. The minimum Gasteiger partial charge on any atom is -0.508 e. The van der Waals surface area contributed by atoms with Crippen LogP contribution in [0.3, 0.4) is 0 Å². The number of phenolic OH excluding ortho intramolecular Hbond substituents is 2. The molecule has 2 aliphatic heterocycles. The Kier molecular flexibility index (Phi) is 14.2. The first kappa shape index (κ1) is 46.7. The zero-order chi connectivity index (χ0) is 47.2. The van der Waals surface area contributed by atoms with Gasteiger partial charge in [-0.15, -0.1) is 0 Å². The number of carbonyl (C=O) groups is 3. The molecule has 4 bridgehead atoms. The first-order valence-electron chi connectivity index (χ1n) is 23.4. The Morgan fingerprint density at radius 2 is 1.79 bits per heavy atom. The third kappa shape index (κ3) is 10.4. The van der Waals surface area contributed by atoms with Gasteiger partial charge in [-0.25, -0.2) is 0 Å². The summed E-state index contributed by atoms with van der Waals surface area (Å²) in [5, 5.41) is 30.6. The van der Waals surface area contributed by atoms with E-state index in [9.17, 15) is 24.6 Å². The van der Waals surface area contributed by atoms with Crippen LogP contribution in [0.15, 0.2) is 127 Å². The maximum absolute atomic E-state index is 14.7. The molecule has 0 saturated heterocycles. The highest BCUT2D eigenvalue weighted by atomic mass is 16.5. The van der Waals surface area contributed by atoms with E-state index in [0.717, 1.165) is 44.5 Å². The van der Waals surface area contributed by atoms with Gasteiger partial charge in [0.05, 0.1) is 18.8 Å². The summed E-state index contributed by atoms with van der Waals surface area (Å²) in [4.78, 5) is 45.8. The number of hydrogen-bond acceptors (Lipinski definition) is 10. The number of dihydropyridines is 1. The zero-order valence-corrected chi connectivity index (χ0v) is 39.2. The molecule has 5 aromatic rings. The number of nitrogens with zero attached hydrogens (tertiary/aromatic N) is 2. The highest BCUT2D eigenvalue weighted by Crippen LogP contribution is 2.45. The number of Topliss-reactive ketones (excluding diaryl/α,β-unsaturated/α-hetero) is 2. The molecule has 1 spiro atoms. The fourth-order valence-corrected chi connectivity index (χ4v) is 10.3. The number of aromatic nitrogens is 2. The van der Waals surface area contributed by atoms with Crippen molar-refractivity contribution in [1.82, 2.24) is 20.2 Å². The summed E-state index contributed by atoms with van der Waals surface area (Å²) >= 11 is 0. The van der Waals surface area contributed by atoms with E-state index in [1.165, 1.54) is 19.6 Å². The van der Waals surface area contributed by atoms with E-state index in [2.05, 4.69) is 99.2 Å². The van der Waals surface area contributed by atoms with Crippen molar-refractivity contribution in [3.05, 3.63) is 155 Å². The largest absolute Gasteiger partial charge is 0.508 e. The lowest BCUT2D eigenvalue weighted by Gasteiger charge is -2.38. The fraction of sp³-hybridized carbons (Fsp3) is 0.364. The number of ketones is 2. The number of aromatic amines is 1. The van der Waals surface area contributed by atoms with Gasteiger partial charge in [0.2, 0.25) is 0 Å². The zero-order valence-electron chi connectivity index (χ0n) is 39.2. The highest BCUT2D eigenvalue weighted by molar-refractivity contribution is 5.95. The standard InChI is InChI=1S/C55H63N5O7/c1-35-10-6-7-18-55(35)19-15-47(67-37(3)62)27-46(64)28-51(41-22-43(30-56-4)54(65)52(25-41)66-5)59-33-40-12-9-14-50(49(40)34-59)60(21-17-36(2)61)53-26-39(16-20-58-53)48(38-11-8-13-45(63)23-38)24-42-31-57-32-44(42)29-55/h6-14,16,18,22-23,25-26,31-35,47-48,51,56-58,63,65H,15,17,19-21,24,27-30H2,1-5H3/t35-,47+,48-,51-,55-/m0/s1. The summed E-state index contributed by atoms with van der Waals surface area (Å²) in [6.07, 6.45) is 23.6. The average Bonchev–Trinajstić information content (AvgIpc) is 3.95. The molecule has 5 atom stereocenters. The van der Waals surface area contributed by atoms with Gasteiger partial charge in [-0.2, -0.15) is 0 Å². The van der Waals surface area contributed by atoms with Gasteiger partial charge in [-0.05, 0) is 115 Å². The van der Waals surface area contributed by atoms with Crippen LogP contribution in [0.2, 0.25) is 0 Å². The number of H-pyrrole nitrogens is 1. The van der Waals surface area contributed by atoms with Gasteiger partial charge in [-0.1, -0.05) is 61.6 Å². The number of rotatable bonds is 9. The number of aromatic hydroxyl groups is 2. The number of carbonyl (C=O) groups excluding carboxylic acids is 3. The van der Waals surface area contributed by atoms with Crippen LogP contribution < -0.4 is 20.3 Å². The lowest BCUT2D eigenvalue weighted by Crippen LogP contribution is -2.35. The minimum atomic E-state index is -0.658. The predicted molar refractivity (Wildman–Crippen MR) is 262 cm³/mol. The van der Waals surface area contributed by atoms with Gasteiger partial charge in [0.25, 0.3) is 0 Å². The van der Waals surface area contributed by atoms with Crippen molar-refractivity contribution in [2.24, 2.45) is 11.3 Å². The third-order valence-electron chi connectivity index (χ3n) is 13.9. The predicted octanol–water partition coefficient (Wildman–Crippen LogP) is 9.25. The summed E-state index contributed by atoms with van der Waals surface area (Å²) in [5.41, 5.74) is 6.33. The van der Waals surface area contributed by atoms with E-state index in [1.807, 2.05) is 36.5 Å². The number of benzene rings is 3. The van der Waals surface area contributed by atoms with Gasteiger partial charge in [0.15, 0.2) is 11.5 Å². The van der Waals surface area contributed by atoms with Crippen LogP contribution in [0.25, 0.3) is 10.8 Å². The van der Waals surface area contributed by atoms with Gasteiger partial charge in [0.1, 0.15) is 29.2 Å². The van der Waals surface area contributed by atoms with Crippen molar-refractivity contribution in [1.29, 1.82) is 0 Å². The topological polar surface area (TPSA) is 158 Å². The highest BCUT2D eigenvalue weighted by Gasteiger charge is 2.37. The van der Waals surface area contributed by atoms with E-state index in [0.29, 0.717) is 63.1 Å². The first-order valence-corrected chi connectivity index (χ1v) is 23.4. The lowest BCUT2D eigenvalue weighted by atomic mass is 9.66. The summed E-state index contributed by atoms with van der Waals surface area (Å²) in [5.74, 6) is 0.931. The van der Waals surface area contributed by atoms with Crippen molar-refractivity contribution in [3.8, 4) is 17.2 Å².